The van der Waals surface area contributed by atoms with E-state index in [1.54, 1.807) is 7.11 Å². The summed E-state index contributed by atoms with van der Waals surface area (Å²) in [4.78, 5) is 27.0. The van der Waals surface area contributed by atoms with Crippen molar-refractivity contribution in [3.63, 3.8) is 0 Å². The van der Waals surface area contributed by atoms with Crippen LogP contribution in [0.15, 0.2) is 83.8 Å². The molecule has 2 N–H and O–H groups in total. The molecule has 0 bridgehead atoms. The second-order valence-electron chi connectivity index (χ2n) is 8.45. The van der Waals surface area contributed by atoms with Crippen molar-refractivity contribution >= 4 is 35.0 Å². The molecular weight excluding hydrogens is 444 g/mol. The molecule has 6 heteroatoms. The van der Waals surface area contributed by atoms with E-state index in [1.165, 1.54) is 18.2 Å². The van der Waals surface area contributed by atoms with Crippen molar-refractivity contribution in [2.24, 2.45) is 5.92 Å². The van der Waals surface area contributed by atoms with Crippen molar-refractivity contribution in [2.75, 3.05) is 17.7 Å². The molecule has 3 aromatic carbocycles. The van der Waals surface area contributed by atoms with Crippen LogP contribution in [0.5, 0.6) is 5.75 Å². The Morgan fingerprint density at radius 2 is 1.62 bits per heavy atom. The first kappa shape index (κ1) is 23.9. The summed E-state index contributed by atoms with van der Waals surface area (Å²) in [5.74, 6) is 0.654. The van der Waals surface area contributed by atoms with Crippen LogP contribution in [-0.4, -0.2) is 18.9 Å². The highest BCUT2D eigenvalue weighted by molar-refractivity contribution is 8.00. The van der Waals surface area contributed by atoms with Gasteiger partial charge in [0.05, 0.1) is 12.8 Å². The molecule has 0 aromatic heterocycles. The lowest BCUT2D eigenvalue weighted by Gasteiger charge is -2.21. The molecule has 176 valence electrons. The third kappa shape index (κ3) is 6.20. The highest BCUT2D eigenvalue weighted by atomic mass is 32.2. The lowest BCUT2D eigenvalue weighted by molar-refractivity contribution is -0.120. The number of ether oxygens (including phenoxy) is 1. The Hall–Kier alpha value is -3.25. The van der Waals surface area contributed by atoms with E-state index < -0.39 is 5.25 Å². The number of nitrogens with one attached hydrogen (secondary N) is 2. The number of methoxy groups -OCH3 is 1. The number of para-hydroxylation sites is 2. The minimum absolute atomic E-state index is 0.0914. The molecule has 0 saturated heterocycles. The fraction of sp³-hybridized carbons (Fsp3) is 0.286. The third-order valence-corrected chi connectivity index (χ3v) is 7.28. The second kappa shape index (κ2) is 11.7. The Morgan fingerprint density at radius 1 is 0.882 bits per heavy atom. The molecule has 5 nitrogen and oxygen atoms in total. The van der Waals surface area contributed by atoms with Gasteiger partial charge in [0.15, 0.2) is 0 Å². The van der Waals surface area contributed by atoms with Crippen molar-refractivity contribution in [1.82, 2.24) is 0 Å². The molecule has 0 heterocycles. The lowest BCUT2D eigenvalue weighted by atomic mass is 9.88. The SMILES string of the molecule is COc1ccccc1NC(=O)C(Sc1cccc(NC(=O)C2CCCCC2)c1)c1ccccc1. The zero-order chi connectivity index (χ0) is 23.8. The summed E-state index contributed by atoms with van der Waals surface area (Å²) in [5.41, 5.74) is 2.29. The molecule has 0 spiro atoms. The Balaban J connectivity index is 1.52. The molecule has 1 aliphatic carbocycles. The van der Waals surface area contributed by atoms with E-state index in [1.807, 2.05) is 78.9 Å². The van der Waals surface area contributed by atoms with Gasteiger partial charge in [-0.1, -0.05) is 67.8 Å². The minimum atomic E-state index is -0.476. The van der Waals surface area contributed by atoms with Crippen LogP contribution in [0.1, 0.15) is 42.9 Å². The van der Waals surface area contributed by atoms with E-state index in [4.69, 9.17) is 4.74 Å². The zero-order valence-corrected chi connectivity index (χ0v) is 20.1. The van der Waals surface area contributed by atoms with Crippen molar-refractivity contribution in [3.05, 3.63) is 84.4 Å². The van der Waals surface area contributed by atoms with Gasteiger partial charge in [0.2, 0.25) is 11.8 Å². The molecular formula is C28H30N2O3S. The average Bonchev–Trinajstić information content (AvgIpc) is 2.89. The standard InChI is InChI=1S/C28H30N2O3S/c1-33-25-18-9-8-17-24(25)30-28(32)26(20-11-4-2-5-12-20)34-23-16-10-15-22(19-23)29-27(31)21-13-6-3-7-14-21/h2,4-5,8-12,15-19,21,26H,3,6-7,13-14H2,1H3,(H,29,31)(H,30,32). The maximum Gasteiger partial charge on any atom is 0.242 e. The van der Waals surface area contributed by atoms with E-state index in [0.717, 1.165) is 41.8 Å². The number of thioether (sulfide) groups is 1. The number of anilines is 2. The highest BCUT2D eigenvalue weighted by Gasteiger charge is 2.24. The Kier molecular flexibility index (Phi) is 8.26. The van der Waals surface area contributed by atoms with Crippen LogP contribution in [0.4, 0.5) is 11.4 Å². The fourth-order valence-corrected chi connectivity index (χ4v) is 5.32. The first-order valence-corrected chi connectivity index (χ1v) is 12.6. The van der Waals surface area contributed by atoms with E-state index in [0.29, 0.717) is 11.4 Å². The summed E-state index contributed by atoms with van der Waals surface area (Å²) in [6.45, 7) is 0. The van der Waals surface area contributed by atoms with Gasteiger partial charge in [-0.2, -0.15) is 0 Å². The third-order valence-electron chi connectivity index (χ3n) is 6.04. The quantitative estimate of drug-likeness (QED) is 0.357. The fourth-order valence-electron chi connectivity index (χ4n) is 4.24. The number of benzene rings is 3. The summed E-state index contributed by atoms with van der Waals surface area (Å²) >= 11 is 1.46. The van der Waals surface area contributed by atoms with Gasteiger partial charge in [-0.15, -0.1) is 11.8 Å². The first-order chi connectivity index (χ1) is 16.6. The predicted molar refractivity (Wildman–Crippen MR) is 138 cm³/mol. The van der Waals surface area contributed by atoms with Crippen LogP contribution in [-0.2, 0) is 9.59 Å². The van der Waals surface area contributed by atoms with E-state index in [2.05, 4.69) is 10.6 Å². The monoisotopic (exact) mass is 474 g/mol. The minimum Gasteiger partial charge on any atom is -0.495 e. The summed E-state index contributed by atoms with van der Waals surface area (Å²) in [7, 11) is 1.58. The molecule has 3 aromatic rings. The van der Waals surface area contributed by atoms with Gasteiger partial charge in [0.1, 0.15) is 11.0 Å². The summed E-state index contributed by atoms with van der Waals surface area (Å²) in [6, 6.07) is 24.8. The molecule has 0 aliphatic heterocycles. The number of carbonyl (C=O) groups is 2. The smallest absolute Gasteiger partial charge is 0.242 e. The summed E-state index contributed by atoms with van der Waals surface area (Å²) in [5, 5.41) is 5.62. The maximum atomic E-state index is 13.4. The second-order valence-corrected chi connectivity index (χ2v) is 9.63. The molecule has 0 radical (unpaired) electrons. The van der Waals surface area contributed by atoms with E-state index in [9.17, 15) is 9.59 Å². The Bertz CT molecular complexity index is 1110. The normalized spacial score (nSPS) is 14.7. The van der Waals surface area contributed by atoms with Crippen molar-refractivity contribution in [2.45, 2.75) is 42.2 Å². The number of rotatable bonds is 8. The number of hydrogen-bond acceptors (Lipinski definition) is 4. The Morgan fingerprint density at radius 3 is 2.38 bits per heavy atom. The topological polar surface area (TPSA) is 67.4 Å². The van der Waals surface area contributed by atoms with Crippen molar-refractivity contribution in [1.29, 1.82) is 0 Å². The van der Waals surface area contributed by atoms with Crippen molar-refractivity contribution < 1.29 is 14.3 Å². The van der Waals surface area contributed by atoms with Gasteiger partial charge in [-0.05, 0) is 48.7 Å². The Labute approximate surface area is 205 Å². The van der Waals surface area contributed by atoms with Crippen molar-refractivity contribution in [3.8, 4) is 5.75 Å². The van der Waals surface area contributed by atoms with Gasteiger partial charge < -0.3 is 15.4 Å². The molecule has 34 heavy (non-hydrogen) atoms. The lowest BCUT2D eigenvalue weighted by Crippen LogP contribution is -2.24. The van der Waals surface area contributed by atoms with Crippen LogP contribution in [0.25, 0.3) is 0 Å². The van der Waals surface area contributed by atoms with Gasteiger partial charge in [0, 0.05) is 16.5 Å². The van der Waals surface area contributed by atoms with Crippen LogP contribution in [0, 0.1) is 5.92 Å². The molecule has 1 unspecified atom stereocenters. The summed E-state index contributed by atoms with van der Waals surface area (Å²) < 4.78 is 5.39. The number of amides is 2. The van der Waals surface area contributed by atoms with Gasteiger partial charge in [0.25, 0.3) is 0 Å². The summed E-state index contributed by atoms with van der Waals surface area (Å²) in [6.07, 6.45) is 5.37. The van der Waals surface area contributed by atoms with E-state index in [-0.39, 0.29) is 17.7 Å². The van der Waals surface area contributed by atoms with Gasteiger partial charge in [-0.25, -0.2) is 0 Å². The average molecular weight is 475 g/mol. The molecule has 2 amide bonds. The maximum absolute atomic E-state index is 13.4. The predicted octanol–water partition coefficient (Wildman–Crippen LogP) is 6.69. The number of hydrogen-bond donors (Lipinski definition) is 2. The van der Waals surface area contributed by atoms with Crippen LogP contribution in [0.2, 0.25) is 0 Å². The zero-order valence-electron chi connectivity index (χ0n) is 19.3. The van der Waals surface area contributed by atoms with Gasteiger partial charge in [-0.3, -0.25) is 9.59 Å². The molecule has 1 atom stereocenters. The largest absolute Gasteiger partial charge is 0.495 e. The van der Waals surface area contributed by atoms with Crippen LogP contribution >= 0.6 is 11.8 Å². The van der Waals surface area contributed by atoms with E-state index >= 15 is 0 Å². The van der Waals surface area contributed by atoms with Gasteiger partial charge >= 0.3 is 0 Å². The molecule has 1 fully saturated rings. The first-order valence-electron chi connectivity index (χ1n) is 11.7. The highest BCUT2D eigenvalue weighted by Crippen LogP contribution is 2.38. The molecule has 1 saturated carbocycles. The molecule has 4 rings (SSSR count). The van der Waals surface area contributed by atoms with Crippen LogP contribution < -0.4 is 15.4 Å². The molecule has 1 aliphatic rings. The van der Waals surface area contributed by atoms with Crippen LogP contribution in [0.3, 0.4) is 0 Å². The number of carbonyl (C=O) groups excluding carboxylic acids is 2.